The summed E-state index contributed by atoms with van der Waals surface area (Å²) in [5, 5.41) is 0. The fourth-order valence-corrected chi connectivity index (χ4v) is 0.246. The Bertz CT molecular complexity index is 51.5. The van der Waals surface area contributed by atoms with E-state index in [0.717, 1.165) is 6.42 Å². The third-order valence-electron chi connectivity index (χ3n) is 0.496. The Morgan fingerprint density at radius 2 is 2.33 bits per heavy atom. The molecule has 0 radical (unpaired) electrons. The topological polar surface area (TPSA) is 43.1 Å². The first-order chi connectivity index (χ1) is 2.77. The molecule has 0 fully saturated rings. The molecule has 2 nitrogen and oxygen atoms in total. The number of carbonyl (C=O) groups excluding carboxylic acids is 1. The summed E-state index contributed by atoms with van der Waals surface area (Å²) < 4.78 is 0. The van der Waals surface area contributed by atoms with Crippen molar-refractivity contribution in [2.75, 3.05) is 0 Å². The maximum absolute atomic E-state index is 9.82. The average molecular weight is 89.1 g/mol. The van der Waals surface area contributed by atoms with Crippen LogP contribution in [-0.4, -0.2) is 5.91 Å². The van der Waals surface area contributed by atoms with E-state index in [1.54, 1.807) is 0 Å². The molecule has 0 rings (SSSR count). The zero-order valence-electron chi connectivity index (χ0n) is 3.90. The van der Waals surface area contributed by atoms with E-state index in [2.05, 4.69) is 0 Å². The molecule has 6 heavy (non-hydrogen) atoms. The smallest absolute Gasteiger partial charge is 0.217 e. The second kappa shape index (κ2) is 2.69. The van der Waals surface area contributed by atoms with E-state index in [0.29, 0.717) is 6.42 Å². The number of rotatable bonds is 2. The molecule has 0 saturated carbocycles. The van der Waals surface area contributed by atoms with Crippen LogP contribution in [-0.2, 0) is 4.79 Å². The summed E-state index contributed by atoms with van der Waals surface area (Å²) in [6, 6.07) is 0. The third-order valence-corrected chi connectivity index (χ3v) is 0.496. The van der Waals surface area contributed by atoms with Crippen molar-refractivity contribution >= 4 is 5.91 Å². The molecule has 0 aromatic heterocycles. The summed E-state index contributed by atoms with van der Waals surface area (Å²) >= 11 is 0. The number of hydrogen-bond acceptors (Lipinski definition) is 1. The predicted molar refractivity (Wildman–Crippen MR) is 24.1 cm³/mol. The fourth-order valence-electron chi connectivity index (χ4n) is 0.246. The lowest BCUT2D eigenvalue weighted by molar-refractivity contribution is -0.118. The molecule has 0 aliphatic heterocycles. The van der Waals surface area contributed by atoms with Gasteiger partial charge in [0.2, 0.25) is 5.91 Å². The molecule has 0 atom stereocenters. The van der Waals surface area contributed by atoms with E-state index >= 15 is 0 Å². The number of carbonyl (C=O) groups is 1. The van der Waals surface area contributed by atoms with Crippen LogP contribution in [0.4, 0.5) is 0 Å². The second-order valence-corrected chi connectivity index (χ2v) is 1.22. The number of hydrogen-bond donors (Lipinski definition) is 1. The van der Waals surface area contributed by atoms with Gasteiger partial charge in [0.25, 0.3) is 0 Å². The number of primary amides is 1. The molecule has 36 valence electrons. The van der Waals surface area contributed by atoms with Gasteiger partial charge < -0.3 is 5.73 Å². The average Bonchev–Trinajstić information content (AvgIpc) is 1.35. The molecular formula is C4H9NO. The molecule has 0 saturated heterocycles. The van der Waals surface area contributed by atoms with Gasteiger partial charge in [0.1, 0.15) is 0 Å². The molecule has 1 amide bonds. The summed E-state index contributed by atoms with van der Waals surface area (Å²) in [4.78, 5) is 9.82. The van der Waals surface area contributed by atoms with E-state index in [1.807, 2.05) is 6.92 Å². The Labute approximate surface area is 37.3 Å². The van der Waals surface area contributed by atoms with Crippen LogP contribution >= 0.6 is 0 Å². The fraction of sp³-hybridized carbons (Fsp3) is 0.750. The molecule has 0 unspecified atom stereocenters. The standard InChI is InChI=1S/C4H9NO/c1-2-3-4(5)6/h2-3H2,1H3,(H2,5,6)/i3+1,4+1. The molecule has 0 spiro atoms. The van der Waals surface area contributed by atoms with Gasteiger partial charge in [0.15, 0.2) is 0 Å². The molecule has 0 heterocycles. The van der Waals surface area contributed by atoms with E-state index in [-0.39, 0.29) is 5.91 Å². The van der Waals surface area contributed by atoms with Gasteiger partial charge in [-0.3, -0.25) is 4.79 Å². The Morgan fingerprint density at radius 1 is 1.83 bits per heavy atom. The highest BCUT2D eigenvalue weighted by molar-refractivity contribution is 5.73. The van der Waals surface area contributed by atoms with Gasteiger partial charge in [0, 0.05) is 6.42 Å². The summed E-state index contributed by atoms with van der Waals surface area (Å²) in [6.07, 6.45) is 1.37. The molecule has 0 bridgehead atoms. The minimum absolute atomic E-state index is 0.211. The highest BCUT2D eigenvalue weighted by atomic mass is 16.2. The van der Waals surface area contributed by atoms with E-state index in [4.69, 9.17) is 5.73 Å². The summed E-state index contributed by atoms with van der Waals surface area (Å²) in [6.45, 7) is 1.92. The van der Waals surface area contributed by atoms with Gasteiger partial charge in [0.05, 0.1) is 0 Å². The Hall–Kier alpha value is -0.530. The van der Waals surface area contributed by atoms with Crippen LogP contribution in [0.3, 0.4) is 0 Å². The van der Waals surface area contributed by atoms with E-state index in [1.165, 1.54) is 0 Å². The third kappa shape index (κ3) is 3.47. The highest BCUT2D eigenvalue weighted by Crippen LogP contribution is 1.79. The lowest BCUT2D eigenvalue weighted by Gasteiger charge is -1.81. The molecule has 0 aromatic rings. The lowest BCUT2D eigenvalue weighted by atomic mass is 10.7. The Kier molecular flexibility index (Phi) is 2.46. The molecule has 0 aliphatic rings. The van der Waals surface area contributed by atoms with Crippen LogP contribution in [0.1, 0.15) is 19.8 Å². The molecule has 0 aliphatic carbocycles. The SMILES string of the molecule is CC[13CH2][13C](N)=O. The molecular weight excluding hydrogens is 80.0 g/mol. The van der Waals surface area contributed by atoms with Crippen LogP contribution in [0.25, 0.3) is 0 Å². The summed E-state index contributed by atoms with van der Waals surface area (Å²) in [5.41, 5.74) is 4.76. The van der Waals surface area contributed by atoms with Crippen molar-refractivity contribution in [3.8, 4) is 0 Å². The van der Waals surface area contributed by atoms with Crippen molar-refractivity contribution < 1.29 is 4.79 Å². The van der Waals surface area contributed by atoms with Gasteiger partial charge in [-0.25, -0.2) is 0 Å². The van der Waals surface area contributed by atoms with E-state index in [9.17, 15) is 4.79 Å². The van der Waals surface area contributed by atoms with Crippen molar-refractivity contribution in [1.29, 1.82) is 0 Å². The Morgan fingerprint density at radius 3 is 2.33 bits per heavy atom. The quantitative estimate of drug-likeness (QED) is 0.485. The summed E-state index contributed by atoms with van der Waals surface area (Å²) in [7, 11) is 0. The van der Waals surface area contributed by atoms with Crippen LogP contribution < -0.4 is 5.73 Å². The number of nitrogens with two attached hydrogens (primary N) is 1. The van der Waals surface area contributed by atoms with Gasteiger partial charge in [-0.15, -0.1) is 0 Å². The van der Waals surface area contributed by atoms with Crippen LogP contribution in [0.5, 0.6) is 0 Å². The van der Waals surface area contributed by atoms with Gasteiger partial charge in [-0.1, -0.05) is 6.92 Å². The second-order valence-electron chi connectivity index (χ2n) is 1.22. The van der Waals surface area contributed by atoms with Crippen LogP contribution in [0, 0.1) is 0 Å². The van der Waals surface area contributed by atoms with Crippen molar-refractivity contribution in [1.82, 2.24) is 0 Å². The first kappa shape index (κ1) is 5.47. The monoisotopic (exact) mass is 89.1 g/mol. The van der Waals surface area contributed by atoms with Crippen molar-refractivity contribution in [2.45, 2.75) is 19.8 Å². The highest BCUT2D eigenvalue weighted by Gasteiger charge is 1.84. The zero-order chi connectivity index (χ0) is 4.99. The minimum Gasteiger partial charge on any atom is -0.370 e. The van der Waals surface area contributed by atoms with E-state index < -0.39 is 0 Å². The van der Waals surface area contributed by atoms with Crippen molar-refractivity contribution in [3.05, 3.63) is 0 Å². The normalized spacial score (nSPS) is 8.17. The molecule has 2 heteroatoms. The van der Waals surface area contributed by atoms with Gasteiger partial charge in [-0.05, 0) is 6.42 Å². The van der Waals surface area contributed by atoms with Crippen LogP contribution in [0.2, 0.25) is 0 Å². The first-order valence-corrected chi connectivity index (χ1v) is 2.05. The largest absolute Gasteiger partial charge is 0.370 e. The van der Waals surface area contributed by atoms with Crippen LogP contribution in [0.15, 0.2) is 0 Å². The molecule has 2 N–H and O–H groups in total. The maximum atomic E-state index is 9.82. The minimum atomic E-state index is -0.211. The molecule has 0 aromatic carbocycles. The summed E-state index contributed by atoms with van der Waals surface area (Å²) in [5.74, 6) is -0.211. The number of amides is 1. The lowest BCUT2D eigenvalue weighted by Crippen LogP contribution is -2.08. The Balaban J connectivity index is 2.83. The maximum Gasteiger partial charge on any atom is 0.217 e. The van der Waals surface area contributed by atoms with Gasteiger partial charge in [-0.2, -0.15) is 0 Å². The predicted octanol–water partition coefficient (Wildman–Crippen LogP) is 0.272. The van der Waals surface area contributed by atoms with Crippen molar-refractivity contribution in [2.24, 2.45) is 5.73 Å². The van der Waals surface area contributed by atoms with Gasteiger partial charge >= 0.3 is 0 Å². The zero-order valence-corrected chi connectivity index (χ0v) is 3.90. The first-order valence-electron chi connectivity index (χ1n) is 2.05. The van der Waals surface area contributed by atoms with Crippen molar-refractivity contribution in [3.63, 3.8) is 0 Å².